The number of carbonyl (C=O) groups excluding carboxylic acids is 1. The fourth-order valence-corrected chi connectivity index (χ4v) is 2.65. The molecule has 1 unspecified atom stereocenters. The van der Waals surface area contributed by atoms with E-state index in [1.165, 1.54) is 4.90 Å². The number of nitrogens with two attached hydrogens (primary N) is 1. The number of fused-ring (bicyclic) bond motifs is 1. The van der Waals surface area contributed by atoms with Gasteiger partial charge in [0.15, 0.2) is 5.58 Å². The lowest BCUT2D eigenvalue weighted by atomic mass is 10.3. The van der Waals surface area contributed by atoms with Crippen LogP contribution >= 0.6 is 0 Å². The van der Waals surface area contributed by atoms with E-state index in [0.717, 1.165) is 0 Å². The first kappa shape index (κ1) is 14.5. The van der Waals surface area contributed by atoms with Gasteiger partial charge in [-0.3, -0.25) is 4.79 Å². The van der Waals surface area contributed by atoms with Crippen molar-refractivity contribution in [3.8, 4) is 0 Å². The Morgan fingerprint density at radius 1 is 1.45 bits per heavy atom. The van der Waals surface area contributed by atoms with Crippen LogP contribution in [0.2, 0.25) is 0 Å². The smallest absolute Gasteiger partial charge is 0.287 e. The van der Waals surface area contributed by atoms with Crippen LogP contribution in [0.5, 0.6) is 0 Å². The van der Waals surface area contributed by atoms with E-state index in [-0.39, 0.29) is 11.1 Å². The zero-order chi connectivity index (χ0) is 14.7. The third-order valence-corrected chi connectivity index (χ3v) is 4.03. The number of benzene rings is 1. The summed E-state index contributed by atoms with van der Waals surface area (Å²) >= 11 is 0. The summed E-state index contributed by atoms with van der Waals surface area (Å²) < 4.78 is 17.5. The van der Waals surface area contributed by atoms with Crippen molar-refractivity contribution in [1.29, 1.82) is 0 Å². The molecule has 1 atom stereocenters. The molecule has 0 saturated carbocycles. The molecule has 0 fully saturated rings. The molecular weight excluding hydrogens is 278 g/mol. The van der Waals surface area contributed by atoms with E-state index in [1.54, 1.807) is 32.3 Å². The van der Waals surface area contributed by atoms with Crippen LogP contribution in [0, 0.1) is 0 Å². The summed E-state index contributed by atoms with van der Waals surface area (Å²) in [5, 5.41) is 0.183. The molecule has 0 radical (unpaired) electrons. The Bertz CT molecular complexity index is 651. The van der Waals surface area contributed by atoms with E-state index in [4.69, 9.17) is 10.2 Å². The van der Waals surface area contributed by atoms with Crippen molar-refractivity contribution < 1.29 is 13.4 Å². The Balaban J connectivity index is 1.99. The molecule has 1 amide bonds. The molecule has 0 aliphatic rings. The number of anilines is 1. The summed E-state index contributed by atoms with van der Waals surface area (Å²) in [6, 6.07) is 5.09. The maximum absolute atomic E-state index is 12.0. The van der Waals surface area contributed by atoms with E-state index in [9.17, 15) is 9.00 Å². The van der Waals surface area contributed by atoms with Crippen molar-refractivity contribution in [2.24, 2.45) is 0 Å². The van der Waals surface area contributed by atoms with Crippen LogP contribution in [0.15, 0.2) is 27.8 Å². The molecule has 1 heterocycles. The first-order chi connectivity index (χ1) is 9.47. The first-order valence-corrected chi connectivity index (χ1v) is 7.54. The van der Waals surface area contributed by atoms with E-state index in [1.807, 2.05) is 0 Å². The highest BCUT2D eigenvalue weighted by atomic mass is 32.2. The maximum atomic E-state index is 12.0. The minimum absolute atomic E-state index is 0.0207. The second kappa shape index (κ2) is 6.04. The van der Waals surface area contributed by atoms with Crippen LogP contribution in [0.1, 0.15) is 12.8 Å². The lowest BCUT2D eigenvalue weighted by Crippen LogP contribution is -2.21. The van der Waals surface area contributed by atoms with Crippen LogP contribution in [0.3, 0.4) is 0 Å². The molecule has 0 bridgehead atoms. The van der Waals surface area contributed by atoms with E-state index in [0.29, 0.717) is 35.4 Å². The molecule has 1 aromatic heterocycles. The molecule has 0 spiro atoms. The number of rotatable bonds is 5. The van der Waals surface area contributed by atoms with Crippen LogP contribution in [-0.2, 0) is 15.6 Å². The van der Waals surface area contributed by atoms with Gasteiger partial charge in [0.1, 0.15) is 16.3 Å². The Morgan fingerprint density at radius 2 is 2.20 bits per heavy atom. The van der Waals surface area contributed by atoms with Crippen molar-refractivity contribution in [2.75, 3.05) is 25.6 Å². The number of oxazole rings is 1. The molecule has 0 saturated heterocycles. The Hall–Kier alpha value is -1.89. The van der Waals surface area contributed by atoms with E-state index >= 15 is 0 Å². The van der Waals surface area contributed by atoms with Crippen LogP contribution < -0.4 is 5.73 Å². The molecule has 20 heavy (non-hydrogen) atoms. The molecule has 108 valence electrons. The first-order valence-electron chi connectivity index (χ1n) is 6.22. The number of nitrogens with zero attached hydrogens (tertiary/aromatic N) is 2. The summed E-state index contributed by atoms with van der Waals surface area (Å²) in [5.41, 5.74) is 7.37. The van der Waals surface area contributed by atoms with Gasteiger partial charge in [0.05, 0.1) is 0 Å². The largest absolute Gasteiger partial charge is 0.430 e. The maximum Gasteiger partial charge on any atom is 0.287 e. The van der Waals surface area contributed by atoms with Gasteiger partial charge in [0.25, 0.3) is 5.22 Å². The van der Waals surface area contributed by atoms with Crippen LogP contribution in [0.25, 0.3) is 11.1 Å². The van der Waals surface area contributed by atoms with Crippen molar-refractivity contribution >= 4 is 33.5 Å². The third-order valence-electron chi connectivity index (χ3n) is 2.81. The topological polar surface area (TPSA) is 89.4 Å². The van der Waals surface area contributed by atoms with Gasteiger partial charge in [-0.1, -0.05) is 0 Å². The van der Waals surface area contributed by atoms with Gasteiger partial charge in [-0.2, -0.15) is 0 Å². The molecular formula is C13H17N3O3S. The Kier molecular flexibility index (Phi) is 4.39. The van der Waals surface area contributed by atoms with Gasteiger partial charge in [-0.15, -0.1) is 0 Å². The van der Waals surface area contributed by atoms with E-state index < -0.39 is 10.8 Å². The lowest BCUT2D eigenvalue weighted by molar-refractivity contribution is -0.128. The van der Waals surface area contributed by atoms with Crippen LogP contribution in [0.4, 0.5) is 5.69 Å². The van der Waals surface area contributed by atoms with Gasteiger partial charge >= 0.3 is 0 Å². The molecule has 2 rings (SSSR count). The van der Waals surface area contributed by atoms with Crippen molar-refractivity contribution in [2.45, 2.75) is 18.1 Å². The van der Waals surface area contributed by atoms with Crippen LogP contribution in [-0.4, -0.2) is 39.8 Å². The summed E-state index contributed by atoms with van der Waals surface area (Å²) in [6.45, 7) is 0. The van der Waals surface area contributed by atoms with Crippen molar-refractivity contribution in [3.05, 3.63) is 18.2 Å². The number of hydrogen-bond donors (Lipinski definition) is 1. The monoisotopic (exact) mass is 295 g/mol. The van der Waals surface area contributed by atoms with Gasteiger partial charge in [-0.05, 0) is 18.6 Å². The number of nitrogen functional groups attached to an aromatic ring is 1. The fourth-order valence-electron chi connectivity index (χ4n) is 1.68. The predicted molar refractivity (Wildman–Crippen MR) is 77.6 cm³/mol. The van der Waals surface area contributed by atoms with Gasteiger partial charge in [0.2, 0.25) is 5.91 Å². The van der Waals surface area contributed by atoms with Crippen molar-refractivity contribution in [1.82, 2.24) is 9.88 Å². The zero-order valence-corrected chi connectivity index (χ0v) is 12.3. The average Bonchev–Trinajstić information content (AvgIpc) is 2.81. The SMILES string of the molecule is CN(C)C(=O)CCCS(=O)c1nc2ccc(N)cc2o1. The highest BCUT2D eigenvalue weighted by molar-refractivity contribution is 7.84. The molecule has 7 heteroatoms. The zero-order valence-electron chi connectivity index (χ0n) is 11.5. The Labute approximate surface area is 119 Å². The molecule has 0 aliphatic carbocycles. The number of amides is 1. The van der Waals surface area contributed by atoms with E-state index in [2.05, 4.69) is 4.98 Å². The fraction of sp³-hybridized carbons (Fsp3) is 0.385. The standard InChI is InChI=1S/C13H17N3O3S/c1-16(2)12(17)4-3-7-20(18)13-15-10-6-5-9(14)8-11(10)19-13/h5-6,8H,3-4,7,14H2,1-2H3. The van der Waals surface area contributed by atoms with Gasteiger partial charge in [-0.25, -0.2) is 9.19 Å². The number of hydrogen-bond acceptors (Lipinski definition) is 5. The van der Waals surface area contributed by atoms with Gasteiger partial charge in [0, 0.05) is 38.0 Å². The summed E-state index contributed by atoms with van der Waals surface area (Å²) in [7, 11) is 2.06. The highest BCUT2D eigenvalue weighted by Gasteiger charge is 2.14. The van der Waals surface area contributed by atoms with Gasteiger partial charge < -0.3 is 15.1 Å². The second-order valence-electron chi connectivity index (χ2n) is 4.65. The molecule has 6 nitrogen and oxygen atoms in total. The highest BCUT2D eigenvalue weighted by Crippen LogP contribution is 2.20. The average molecular weight is 295 g/mol. The molecule has 2 N–H and O–H groups in total. The number of carbonyl (C=O) groups is 1. The summed E-state index contributed by atoms with van der Waals surface area (Å²) in [4.78, 5) is 17.1. The quantitative estimate of drug-likeness (QED) is 0.842. The Morgan fingerprint density at radius 3 is 2.90 bits per heavy atom. The predicted octanol–water partition coefficient (Wildman–Crippen LogP) is 1.39. The lowest BCUT2D eigenvalue weighted by Gasteiger charge is -2.08. The minimum atomic E-state index is -1.34. The normalized spacial score (nSPS) is 12.5. The number of aromatic nitrogens is 1. The molecule has 2 aromatic rings. The third kappa shape index (κ3) is 3.36. The second-order valence-corrected chi connectivity index (χ2v) is 6.10. The minimum Gasteiger partial charge on any atom is -0.430 e. The van der Waals surface area contributed by atoms with Crippen molar-refractivity contribution in [3.63, 3.8) is 0 Å². The summed E-state index contributed by atoms with van der Waals surface area (Å²) in [5.74, 6) is 0.370. The summed E-state index contributed by atoms with van der Waals surface area (Å²) in [6.07, 6.45) is 0.899. The molecule has 1 aromatic carbocycles. The molecule has 0 aliphatic heterocycles.